The number of hydrogen-bond acceptors (Lipinski definition) is 9. The van der Waals surface area contributed by atoms with Gasteiger partial charge >= 0.3 is 0 Å². The maximum Gasteiger partial charge on any atom is 0.265 e. The van der Waals surface area contributed by atoms with Gasteiger partial charge in [0.15, 0.2) is 11.5 Å². The monoisotopic (exact) mass is 550 g/mol. The Kier molecular flexibility index (Phi) is 5.31. The van der Waals surface area contributed by atoms with Crippen LogP contribution in [0, 0.1) is 11.7 Å². The van der Waals surface area contributed by atoms with Crippen LogP contribution >= 0.6 is 0 Å². The van der Waals surface area contributed by atoms with E-state index in [1.54, 1.807) is 47.2 Å². The summed E-state index contributed by atoms with van der Waals surface area (Å²) in [6.45, 7) is 0.797. The van der Waals surface area contributed by atoms with Crippen molar-refractivity contribution in [3.8, 4) is 11.3 Å². The fraction of sp³-hybridized carbons (Fsp3) is 0.346. The van der Waals surface area contributed by atoms with Gasteiger partial charge in [0.05, 0.1) is 53.7 Å². The molecule has 2 unspecified atom stereocenters. The number of alkyl halides is 2. The third-order valence-corrected chi connectivity index (χ3v) is 8.35. The molecule has 14 heteroatoms. The lowest BCUT2D eigenvalue weighted by Crippen LogP contribution is -2.51. The second kappa shape index (κ2) is 8.60. The molecular weight excluding hydrogens is 525 g/mol. The molecule has 1 saturated heterocycles. The van der Waals surface area contributed by atoms with E-state index in [-0.39, 0.29) is 18.3 Å². The summed E-state index contributed by atoms with van der Waals surface area (Å²) in [6.07, 6.45) is 1.84. The van der Waals surface area contributed by atoms with Crippen LogP contribution in [0.3, 0.4) is 0 Å². The molecule has 1 aliphatic heterocycles. The molecule has 5 N–H and O–H groups in total. The number of pyridine rings is 1. The van der Waals surface area contributed by atoms with Gasteiger partial charge in [-0.05, 0) is 24.1 Å². The standard InChI is InChI=1S/C26H25F3N10O/c1-37-18-6-16(27)14(4-12(18)7-36-37)17-5-13(9-38-11-35-20-24(30)33-10-34-25(20)38)19(8-32-17)39-3-2-15-21(39)26(15,31)22(40)23(28)29/h4-8,10-11,15,21-23,40H,2-3,9,31H2,1H3,(H2,30,33,34)/t15?,21?,22-,26-/m1/s1. The number of anilines is 2. The van der Waals surface area contributed by atoms with E-state index in [0.717, 1.165) is 5.39 Å². The molecule has 11 nitrogen and oxygen atoms in total. The first-order valence-corrected chi connectivity index (χ1v) is 12.7. The van der Waals surface area contributed by atoms with E-state index in [4.69, 9.17) is 11.5 Å². The van der Waals surface area contributed by atoms with Crippen molar-refractivity contribution >= 4 is 33.6 Å². The van der Waals surface area contributed by atoms with Gasteiger partial charge in [-0.15, -0.1) is 0 Å². The van der Waals surface area contributed by atoms with E-state index in [9.17, 15) is 13.9 Å². The van der Waals surface area contributed by atoms with Gasteiger partial charge in [-0.25, -0.2) is 28.1 Å². The molecule has 7 rings (SSSR count). The zero-order chi connectivity index (χ0) is 27.9. The highest BCUT2D eigenvalue weighted by Gasteiger charge is 2.72. The Morgan fingerprint density at radius 2 is 1.98 bits per heavy atom. The molecule has 4 atom stereocenters. The number of hydrogen-bond donors (Lipinski definition) is 3. The molecule has 206 valence electrons. The van der Waals surface area contributed by atoms with Crippen LogP contribution in [-0.2, 0) is 13.6 Å². The average Bonchev–Trinajstić information content (AvgIpc) is 3.37. The molecular formula is C26H25F3N10O. The number of nitrogens with two attached hydrogens (primary N) is 2. The van der Waals surface area contributed by atoms with Crippen molar-refractivity contribution in [2.24, 2.45) is 18.7 Å². The number of aromatic nitrogens is 7. The number of nitrogens with zero attached hydrogens (tertiary/aromatic N) is 8. The summed E-state index contributed by atoms with van der Waals surface area (Å²) in [5.41, 5.74) is 14.5. The number of benzene rings is 1. The molecule has 2 fully saturated rings. The van der Waals surface area contributed by atoms with Crippen molar-refractivity contribution in [1.29, 1.82) is 0 Å². The van der Waals surface area contributed by atoms with Gasteiger partial charge in [0.1, 0.15) is 23.8 Å². The largest absolute Gasteiger partial charge is 0.385 e. The molecule has 0 radical (unpaired) electrons. The zero-order valence-electron chi connectivity index (χ0n) is 21.3. The predicted molar refractivity (Wildman–Crippen MR) is 141 cm³/mol. The van der Waals surface area contributed by atoms with Crippen LogP contribution in [0.1, 0.15) is 12.0 Å². The Morgan fingerprint density at radius 1 is 1.15 bits per heavy atom. The minimum absolute atomic E-state index is 0.237. The first kappa shape index (κ1) is 24.7. The number of piperidine rings is 1. The van der Waals surface area contributed by atoms with Crippen molar-refractivity contribution in [1.82, 2.24) is 34.3 Å². The van der Waals surface area contributed by atoms with Gasteiger partial charge in [-0.3, -0.25) is 9.67 Å². The first-order valence-electron chi connectivity index (χ1n) is 12.7. The van der Waals surface area contributed by atoms with Gasteiger partial charge in [-0.2, -0.15) is 5.10 Å². The highest BCUT2D eigenvalue weighted by atomic mass is 19.3. The summed E-state index contributed by atoms with van der Waals surface area (Å²) in [7, 11) is 1.74. The Morgan fingerprint density at radius 3 is 2.77 bits per heavy atom. The topological polar surface area (TPSA) is 150 Å². The number of aliphatic hydroxyl groups excluding tert-OH is 1. The molecule has 0 amide bonds. The molecule has 0 spiro atoms. The van der Waals surface area contributed by atoms with E-state index in [1.165, 1.54) is 12.4 Å². The van der Waals surface area contributed by atoms with Crippen molar-refractivity contribution < 1.29 is 18.3 Å². The van der Waals surface area contributed by atoms with Crippen molar-refractivity contribution in [3.63, 3.8) is 0 Å². The summed E-state index contributed by atoms with van der Waals surface area (Å²) >= 11 is 0. The number of imidazole rings is 1. The number of halogens is 3. The molecule has 5 heterocycles. The first-order chi connectivity index (χ1) is 19.2. The lowest BCUT2D eigenvalue weighted by Gasteiger charge is -2.30. The summed E-state index contributed by atoms with van der Waals surface area (Å²) < 4.78 is 45.6. The highest BCUT2D eigenvalue weighted by Crippen LogP contribution is 2.56. The lowest BCUT2D eigenvalue weighted by molar-refractivity contribution is -0.0303. The van der Waals surface area contributed by atoms with Crippen LogP contribution in [0.2, 0.25) is 0 Å². The predicted octanol–water partition coefficient (Wildman–Crippen LogP) is 2.08. The minimum atomic E-state index is -2.95. The molecule has 1 saturated carbocycles. The number of fused-ring (bicyclic) bond motifs is 3. The fourth-order valence-corrected chi connectivity index (χ4v) is 6.27. The number of aryl methyl sites for hydroxylation is 1. The number of nitrogen functional groups attached to an aromatic ring is 1. The van der Waals surface area contributed by atoms with Gasteiger partial charge in [0.2, 0.25) is 0 Å². The van der Waals surface area contributed by atoms with Gasteiger partial charge in [-0.1, -0.05) is 0 Å². The second-order valence-corrected chi connectivity index (χ2v) is 10.5. The zero-order valence-corrected chi connectivity index (χ0v) is 21.3. The van der Waals surface area contributed by atoms with Crippen molar-refractivity contribution in [3.05, 3.63) is 54.6 Å². The average molecular weight is 551 g/mol. The van der Waals surface area contributed by atoms with E-state index in [0.29, 0.717) is 52.2 Å². The summed E-state index contributed by atoms with van der Waals surface area (Å²) in [6, 6.07) is 4.40. The summed E-state index contributed by atoms with van der Waals surface area (Å²) in [5, 5.41) is 15.2. The maximum absolute atomic E-state index is 15.3. The number of aliphatic hydroxyl groups is 1. The van der Waals surface area contributed by atoms with Gasteiger partial charge in [0, 0.05) is 36.5 Å². The molecule has 40 heavy (non-hydrogen) atoms. The highest BCUT2D eigenvalue weighted by molar-refractivity contribution is 5.85. The third kappa shape index (κ3) is 3.48. The molecule has 1 aromatic carbocycles. The van der Waals surface area contributed by atoms with Gasteiger partial charge < -0.3 is 26.0 Å². The quantitative estimate of drug-likeness (QED) is 0.289. The van der Waals surface area contributed by atoms with Crippen LogP contribution in [0.15, 0.2) is 43.2 Å². The molecule has 2 aliphatic rings. The van der Waals surface area contributed by atoms with Crippen LogP contribution in [-0.4, -0.2) is 70.0 Å². The normalized spacial score (nSPS) is 22.9. The fourth-order valence-electron chi connectivity index (χ4n) is 6.27. The lowest BCUT2D eigenvalue weighted by atomic mass is 10.0. The molecule has 1 aliphatic carbocycles. The molecule has 0 bridgehead atoms. The summed E-state index contributed by atoms with van der Waals surface area (Å²) in [4.78, 5) is 19.2. The van der Waals surface area contributed by atoms with Crippen LogP contribution in [0.25, 0.3) is 33.3 Å². The smallest absolute Gasteiger partial charge is 0.265 e. The van der Waals surface area contributed by atoms with Crippen LogP contribution in [0.4, 0.5) is 24.7 Å². The summed E-state index contributed by atoms with van der Waals surface area (Å²) in [5.74, 6) is -0.503. The third-order valence-electron chi connectivity index (χ3n) is 8.35. The SMILES string of the molecule is Cn1ncc2cc(-c3cc(Cn4cnc5c(N)ncnc54)c(N4CCC5C4[C@@]5(N)[C@H](O)C(F)F)cn3)c(F)cc21. The Labute approximate surface area is 225 Å². The van der Waals surface area contributed by atoms with E-state index in [1.807, 2.05) is 4.90 Å². The Bertz CT molecular complexity index is 1790. The second-order valence-electron chi connectivity index (χ2n) is 10.5. The maximum atomic E-state index is 15.3. The van der Waals surface area contributed by atoms with Gasteiger partial charge in [0.25, 0.3) is 6.43 Å². The van der Waals surface area contributed by atoms with E-state index >= 15 is 4.39 Å². The van der Waals surface area contributed by atoms with Crippen LogP contribution < -0.4 is 16.4 Å². The van der Waals surface area contributed by atoms with E-state index < -0.39 is 29.9 Å². The molecule has 4 aromatic heterocycles. The number of rotatable bonds is 6. The van der Waals surface area contributed by atoms with E-state index in [2.05, 4.69) is 25.0 Å². The minimum Gasteiger partial charge on any atom is -0.385 e. The van der Waals surface area contributed by atoms with Crippen molar-refractivity contribution in [2.75, 3.05) is 17.2 Å². The molecule has 5 aromatic rings. The Hall–Kier alpha value is -4.30. The van der Waals surface area contributed by atoms with Crippen LogP contribution in [0.5, 0.6) is 0 Å². The Balaban J connectivity index is 1.34. The van der Waals surface area contributed by atoms with Crippen molar-refractivity contribution in [2.45, 2.75) is 37.1 Å².